The number of alkyl halides is 6. The second-order valence-electron chi connectivity index (χ2n) is 10.4. The van der Waals surface area contributed by atoms with Crippen LogP contribution in [0.1, 0.15) is 11.1 Å². The summed E-state index contributed by atoms with van der Waals surface area (Å²) in [4.78, 5) is 10.7. The van der Waals surface area contributed by atoms with Gasteiger partial charge in [-0.05, 0) is 52.1 Å². The number of pyridine rings is 1. The van der Waals surface area contributed by atoms with E-state index < -0.39 is 23.5 Å². The van der Waals surface area contributed by atoms with Crippen LogP contribution in [-0.4, -0.2) is 28.6 Å². The van der Waals surface area contributed by atoms with E-state index in [-0.39, 0.29) is 39.5 Å². The van der Waals surface area contributed by atoms with Crippen molar-refractivity contribution in [3.8, 4) is 39.1 Å². The lowest BCUT2D eigenvalue weighted by Crippen LogP contribution is -2.15. The minimum atomic E-state index is -4.66. The Balaban J connectivity index is 1.56. The summed E-state index contributed by atoms with van der Waals surface area (Å²) in [5, 5.41) is 0. The van der Waals surface area contributed by atoms with Crippen LogP contribution in [0.2, 0.25) is 0 Å². The van der Waals surface area contributed by atoms with Gasteiger partial charge in [0.05, 0.1) is 16.8 Å². The van der Waals surface area contributed by atoms with Crippen molar-refractivity contribution < 1.29 is 26.3 Å². The number of fused-ring (bicyclic) bond motifs is 1. The Morgan fingerprint density at radius 2 is 1.14 bits per heavy atom. The highest BCUT2D eigenvalue weighted by molar-refractivity contribution is 5.93. The number of hydrogen-bond acceptors (Lipinski definition) is 3. The van der Waals surface area contributed by atoms with Crippen molar-refractivity contribution in [2.75, 3.05) is 19.0 Å². The predicted octanol–water partition coefficient (Wildman–Crippen LogP) is 9.53. The third kappa shape index (κ3) is 5.27. The first kappa shape index (κ1) is 29.0. The molecule has 0 aliphatic carbocycles. The molecule has 4 aromatic carbocycles. The van der Waals surface area contributed by atoms with Crippen LogP contribution in [0.5, 0.6) is 0 Å². The van der Waals surface area contributed by atoms with Gasteiger partial charge in [0, 0.05) is 25.9 Å². The molecular formula is C34H24F6N4. The zero-order chi connectivity index (χ0) is 31.2. The summed E-state index contributed by atoms with van der Waals surface area (Å²) < 4.78 is 87.5. The SMILES string of the molecule is CN(C)c1nc2c(-c3ccc(-c4ccccc4)c(C(F)(F)F)c3)ccnc2n1-c1ccc(-c2ccccc2)c(C(F)(F)F)c1. The molecule has 0 spiro atoms. The van der Waals surface area contributed by atoms with Gasteiger partial charge >= 0.3 is 12.4 Å². The summed E-state index contributed by atoms with van der Waals surface area (Å²) in [6.45, 7) is 0. The molecule has 0 unspecified atom stereocenters. The number of imidazole rings is 1. The molecule has 44 heavy (non-hydrogen) atoms. The molecule has 0 radical (unpaired) electrons. The maximum absolute atomic E-state index is 14.4. The van der Waals surface area contributed by atoms with Gasteiger partial charge in [-0.3, -0.25) is 4.57 Å². The molecule has 6 aromatic rings. The third-order valence-corrected chi connectivity index (χ3v) is 7.30. The van der Waals surface area contributed by atoms with Crippen LogP contribution in [0.15, 0.2) is 109 Å². The molecule has 0 bridgehead atoms. The van der Waals surface area contributed by atoms with Crippen molar-refractivity contribution in [3.63, 3.8) is 0 Å². The predicted molar refractivity (Wildman–Crippen MR) is 160 cm³/mol. The molecule has 6 rings (SSSR count). The first-order valence-corrected chi connectivity index (χ1v) is 13.5. The van der Waals surface area contributed by atoms with Crippen LogP contribution in [0.4, 0.5) is 32.3 Å². The van der Waals surface area contributed by atoms with Gasteiger partial charge in [-0.25, -0.2) is 9.97 Å². The summed E-state index contributed by atoms with van der Waals surface area (Å²) in [7, 11) is 3.35. The van der Waals surface area contributed by atoms with Crippen molar-refractivity contribution in [2.45, 2.75) is 12.4 Å². The molecule has 0 atom stereocenters. The minimum absolute atomic E-state index is 0.0181. The summed E-state index contributed by atoms with van der Waals surface area (Å²) >= 11 is 0. The van der Waals surface area contributed by atoms with Gasteiger partial charge in [0.25, 0.3) is 0 Å². The number of aromatic nitrogens is 3. The fourth-order valence-corrected chi connectivity index (χ4v) is 5.32. The van der Waals surface area contributed by atoms with Gasteiger partial charge < -0.3 is 4.90 Å². The first-order chi connectivity index (χ1) is 20.9. The minimum Gasteiger partial charge on any atom is -0.348 e. The molecule has 2 heterocycles. The molecule has 0 saturated heterocycles. The van der Waals surface area contributed by atoms with Gasteiger partial charge in [-0.2, -0.15) is 26.3 Å². The van der Waals surface area contributed by atoms with Gasteiger partial charge in [0.15, 0.2) is 5.65 Å². The number of benzene rings is 4. The summed E-state index contributed by atoms with van der Waals surface area (Å²) in [5.41, 5.74) is 0.440. The molecule has 0 saturated carbocycles. The van der Waals surface area contributed by atoms with E-state index in [9.17, 15) is 26.3 Å². The first-order valence-electron chi connectivity index (χ1n) is 13.5. The molecule has 222 valence electrons. The molecule has 0 amide bonds. The second kappa shape index (κ2) is 10.9. The van der Waals surface area contributed by atoms with Crippen LogP contribution in [0.25, 0.3) is 50.2 Å². The standard InChI is InChI=1S/C34H24F6N4/c1-43(2)32-42-30-27(23-13-15-25(21-9-5-3-6-10-21)28(19-23)33(35,36)37)17-18-41-31(30)44(32)24-14-16-26(22-11-7-4-8-12-22)29(20-24)34(38,39)40/h3-20H,1-2H3. The zero-order valence-corrected chi connectivity index (χ0v) is 23.4. The third-order valence-electron chi connectivity index (χ3n) is 7.30. The Kier molecular flexibility index (Phi) is 7.15. The van der Waals surface area contributed by atoms with Gasteiger partial charge in [0.1, 0.15) is 5.52 Å². The maximum Gasteiger partial charge on any atom is 0.417 e. The van der Waals surface area contributed by atoms with Crippen LogP contribution < -0.4 is 4.90 Å². The van der Waals surface area contributed by atoms with E-state index in [0.29, 0.717) is 16.7 Å². The normalized spacial score (nSPS) is 12.1. The fourth-order valence-electron chi connectivity index (χ4n) is 5.32. The Morgan fingerprint density at radius 1 is 0.591 bits per heavy atom. The Bertz CT molecular complexity index is 1960. The number of nitrogens with zero attached hydrogens (tertiary/aromatic N) is 4. The molecule has 4 nitrogen and oxygen atoms in total. The highest BCUT2D eigenvalue weighted by Crippen LogP contribution is 2.42. The molecule has 0 N–H and O–H groups in total. The van der Waals surface area contributed by atoms with Crippen molar-refractivity contribution in [2.24, 2.45) is 0 Å². The fraction of sp³-hybridized carbons (Fsp3) is 0.118. The second-order valence-corrected chi connectivity index (χ2v) is 10.4. The van der Waals surface area contributed by atoms with E-state index in [2.05, 4.69) is 9.97 Å². The van der Waals surface area contributed by atoms with Gasteiger partial charge in [-0.1, -0.05) is 78.9 Å². The van der Waals surface area contributed by atoms with Gasteiger partial charge in [-0.15, -0.1) is 0 Å². The largest absolute Gasteiger partial charge is 0.417 e. The van der Waals surface area contributed by atoms with E-state index in [0.717, 1.165) is 12.1 Å². The van der Waals surface area contributed by atoms with E-state index >= 15 is 0 Å². The lowest BCUT2D eigenvalue weighted by Gasteiger charge is -2.18. The van der Waals surface area contributed by atoms with Gasteiger partial charge in [0.2, 0.25) is 5.95 Å². The number of halogens is 6. The average molecular weight is 603 g/mol. The zero-order valence-electron chi connectivity index (χ0n) is 23.4. The Labute approximate surface area is 248 Å². The average Bonchev–Trinajstić information content (AvgIpc) is 3.41. The summed E-state index contributed by atoms with van der Waals surface area (Å²) in [6, 6.07) is 26.2. The highest BCUT2D eigenvalue weighted by atomic mass is 19.4. The molecule has 0 fully saturated rings. The quantitative estimate of drug-likeness (QED) is 0.184. The maximum atomic E-state index is 14.4. The van der Waals surface area contributed by atoms with Crippen molar-refractivity contribution >= 4 is 17.1 Å². The van der Waals surface area contributed by atoms with Crippen LogP contribution in [-0.2, 0) is 12.4 Å². The van der Waals surface area contributed by atoms with Crippen molar-refractivity contribution in [1.82, 2.24) is 14.5 Å². The van der Waals surface area contributed by atoms with E-state index in [4.69, 9.17) is 0 Å². The lowest BCUT2D eigenvalue weighted by atomic mass is 9.94. The summed E-state index contributed by atoms with van der Waals surface area (Å²) in [5.74, 6) is 0.262. The highest BCUT2D eigenvalue weighted by Gasteiger charge is 2.36. The molecule has 2 aromatic heterocycles. The smallest absolute Gasteiger partial charge is 0.348 e. The summed E-state index contributed by atoms with van der Waals surface area (Å²) in [6.07, 6.45) is -7.89. The molecule has 10 heteroatoms. The monoisotopic (exact) mass is 602 g/mol. The number of hydrogen-bond donors (Lipinski definition) is 0. The van der Waals surface area contributed by atoms with Crippen molar-refractivity contribution in [3.05, 3.63) is 120 Å². The Morgan fingerprint density at radius 3 is 1.68 bits per heavy atom. The van der Waals surface area contributed by atoms with E-state index in [1.54, 1.807) is 97.9 Å². The van der Waals surface area contributed by atoms with E-state index in [1.165, 1.54) is 22.9 Å². The van der Waals surface area contributed by atoms with Crippen molar-refractivity contribution in [1.29, 1.82) is 0 Å². The van der Waals surface area contributed by atoms with Crippen LogP contribution >= 0.6 is 0 Å². The topological polar surface area (TPSA) is 34.0 Å². The molecule has 0 aliphatic rings. The molecular weight excluding hydrogens is 578 g/mol. The number of anilines is 1. The van der Waals surface area contributed by atoms with Crippen LogP contribution in [0.3, 0.4) is 0 Å². The van der Waals surface area contributed by atoms with E-state index in [1.807, 2.05) is 0 Å². The number of rotatable bonds is 5. The Hall–Kier alpha value is -5.12. The lowest BCUT2D eigenvalue weighted by molar-refractivity contribution is -0.137. The van der Waals surface area contributed by atoms with Crippen LogP contribution in [0, 0.1) is 0 Å². The molecule has 0 aliphatic heterocycles.